The maximum absolute atomic E-state index is 14.5. The third-order valence-corrected chi connectivity index (χ3v) is 4.29. The molecule has 0 saturated carbocycles. The van der Waals surface area contributed by atoms with Gasteiger partial charge in [-0.3, -0.25) is 0 Å². The molecule has 1 aromatic rings. The molecule has 1 aliphatic heterocycles. The lowest BCUT2D eigenvalue weighted by molar-refractivity contribution is 0.516. The van der Waals surface area contributed by atoms with Crippen molar-refractivity contribution < 1.29 is 8.78 Å². The van der Waals surface area contributed by atoms with Gasteiger partial charge in [-0.1, -0.05) is 26.7 Å². The molecule has 0 spiro atoms. The van der Waals surface area contributed by atoms with Crippen LogP contribution in [0.1, 0.15) is 51.5 Å². The normalized spacial score (nSPS) is 19.6. The average molecular weight is 296 g/mol. The predicted octanol–water partition coefficient (Wildman–Crippen LogP) is 4.23. The van der Waals surface area contributed by atoms with E-state index in [9.17, 15) is 8.78 Å². The van der Waals surface area contributed by atoms with Crippen LogP contribution in [0.3, 0.4) is 0 Å². The maximum atomic E-state index is 14.5. The van der Waals surface area contributed by atoms with Gasteiger partial charge in [-0.05, 0) is 43.5 Å². The summed E-state index contributed by atoms with van der Waals surface area (Å²) in [5.41, 5.74) is 0.836. The van der Waals surface area contributed by atoms with Gasteiger partial charge >= 0.3 is 0 Å². The first kappa shape index (κ1) is 16.2. The van der Waals surface area contributed by atoms with Gasteiger partial charge in [0.15, 0.2) is 0 Å². The summed E-state index contributed by atoms with van der Waals surface area (Å²) in [7, 11) is 0. The lowest BCUT2D eigenvalue weighted by atomic mass is 10.1. The molecule has 1 aromatic carbocycles. The third-order valence-electron chi connectivity index (χ3n) is 4.29. The van der Waals surface area contributed by atoms with E-state index in [1.807, 2.05) is 11.8 Å². The van der Waals surface area contributed by atoms with Crippen molar-refractivity contribution in [2.24, 2.45) is 0 Å². The molecule has 0 bridgehead atoms. The van der Waals surface area contributed by atoms with Crippen molar-refractivity contribution in [3.8, 4) is 0 Å². The Hall–Kier alpha value is -1.16. The summed E-state index contributed by atoms with van der Waals surface area (Å²) in [6.45, 7) is 6.11. The minimum atomic E-state index is -0.428. The fourth-order valence-corrected chi connectivity index (χ4v) is 3.16. The highest BCUT2D eigenvalue weighted by Crippen LogP contribution is 2.31. The number of nitrogens with one attached hydrogen (secondary N) is 1. The molecule has 1 saturated heterocycles. The molecule has 1 unspecified atom stereocenters. The van der Waals surface area contributed by atoms with Gasteiger partial charge in [0.25, 0.3) is 0 Å². The van der Waals surface area contributed by atoms with Crippen molar-refractivity contribution >= 4 is 5.69 Å². The Bertz CT molecular complexity index is 439. The van der Waals surface area contributed by atoms with Gasteiger partial charge in [-0.2, -0.15) is 0 Å². The van der Waals surface area contributed by atoms with Gasteiger partial charge in [0.05, 0.1) is 0 Å². The van der Waals surface area contributed by atoms with E-state index in [4.69, 9.17) is 0 Å². The zero-order valence-corrected chi connectivity index (χ0v) is 13.1. The lowest BCUT2D eigenvalue weighted by Crippen LogP contribution is -2.35. The molecule has 1 heterocycles. The summed E-state index contributed by atoms with van der Waals surface area (Å²) in [4.78, 5) is 1.95. The molecule has 2 nitrogen and oxygen atoms in total. The quantitative estimate of drug-likeness (QED) is 0.874. The Labute approximate surface area is 126 Å². The van der Waals surface area contributed by atoms with Crippen LogP contribution in [0.25, 0.3) is 0 Å². The van der Waals surface area contributed by atoms with Crippen LogP contribution in [0.4, 0.5) is 14.5 Å². The molecule has 1 fully saturated rings. The van der Waals surface area contributed by atoms with E-state index < -0.39 is 11.6 Å². The number of halogens is 2. The van der Waals surface area contributed by atoms with Crippen LogP contribution in [0.15, 0.2) is 12.1 Å². The third kappa shape index (κ3) is 3.94. The van der Waals surface area contributed by atoms with E-state index in [1.54, 1.807) is 0 Å². The van der Waals surface area contributed by atoms with Gasteiger partial charge in [0, 0.05) is 19.1 Å². The Morgan fingerprint density at radius 3 is 2.48 bits per heavy atom. The van der Waals surface area contributed by atoms with Crippen LogP contribution in [0, 0.1) is 11.6 Å². The molecule has 1 atom stereocenters. The number of rotatable bonds is 5. The second-order valence-corrected chi connectivity index (χ2v) is 5.79. The lowest BCUT2D eigenvalue weighted by Gasteiger charge is -2.32. The van der Waals surface area contributed by atoms with E-state index in [-0.39, 0.29) is 11.7 Å². The van der Waals surface area contributed by atoms with E-state index >= 15 is 0 Å². The van der Waals surface area contributed by atoms with Crippen LogP contribution in [-0.4, -0.2) is 19.1 Å². The van der Waals surface area contributed by atoms with Crippen molar-refractivity contribution in [1.82, 2.24) is 5.32 Å². The Morgan fingerprint density at radius 2 is 1.86 bits per heavy atom. The first-order valence-corrected chi connectivity index (χ1v) is 8.12. The number of anilines is 1. The summed E-state index contributed by atoms with van der Waals surface area (Å²) in [5.74, 6) is -0.855. The molecular formula is C17H26F2N2. The molecular weight excluding hydrogens is 270 g/mol. The highest BCUT2D eigenvalue weighted by atomic mass is 19.1. The van der Waals surface area contributed by atoms with Gasteiger partial charge in [0.1, 0.15) is 17.3 Å². The first-order chi connectivity index (χ1) is 10.2. The molecule has 1 N–H and O–H groups in total. The minimum Gasteiger partial charge on any atom is -0.364 e. The van der Waals surface area contributed by atoms with Crippen molar-refractivity contribution in [2.75, 3.05) is 18.0 Å². The van der Waals surface area contributed by atoms with Crippen LogP contribution < -0.4 is 10.2 Å². The number of nitrogens with zero attached hydrogens (tertiary/aromatic N) is 1. The molecule has 2 rings (SSSR count). The van der Waals surface area contributed by atoms with Crippen LogP contribution in [0.5, 0.6) is 0 Å². The minimum absolute atomic E-state index is 0.170. The van der Waals surface area contributed by atoms with E-state index in [2.05, 4.69) is 12.2 Å². The van der Waals surface area contributed by atoms with E-state index in [1.165, 1.54) is 12.1 Å². The molecule has 0 amide bonds. The molecule has 0 aromatic heterocycles. The van der Waals surface area contributed by atoms with Crippen LogP contribution >= 0.6 is 0 Å². The standard InChI is InChI=1S/C17H26F2N2/c1-3-14-8-6-5-7-9-21(14)17-15(18)10-13(11-16(17)19)12-20-4-2/h10-11,14,20H,3-9,12H2,1-2H3. The molecule has 4 heteroatoms. The fraction of sp³-hybridized carbons (Fsp3) is 0.647. The fourth-order valence-electron chi connectivity index (χ4n) is 3.16. The highest BCUT2D eigenvalue weighted by Gasteiger charge is 2.25. The summed E-state index contributed by atoms with van der Waals surface area (Å²) in [6.07, 6.45) is 5.26. The zero-order chi connectivity index (χ0) is 15.2. The predicted molar refractivity (Wildman–Crippen MR) is 83.6 cm³/mol. The number of hydrogen-bond donors (Lipinski definition) is 1. The van der Waals surface area contributed by atoms with Crippen molar-refractivity contribution in [3.63, 3.8) is 0 Å². The van der Waals surface area contributed by atoms with E-state index in [0.717, 1.165) is 45.2 Å². The molecule has 1 aliphatic rings. The molecule has 118 valence electrons. The van der Waals surface area contributed by atoms with Crippen LogP contribution in [-0.2, 0) is 6.54 Å². The molecule has 21 heavy (non-hydrogen) atoms. The summed E-state index contributed by atoms with van der Waals surface area (Å²) >= 11 is 0. The van der Waals surface area contributed by atoms with Crippen molar-refractivity contribution in [1.29, 1.82) is 0 Å². The monoisotopic (exact) mass is 296 g/mol. The second-order valence-electron chi connectivity index (χ2n) is 5.79. The van der Waals surface area contributed by atoms with Gasteiger partial charge in [0.2, 0.25) is 0 Å². The van der Waals surface area contributed by atoms with Crippen molar-refractivity contribution in [2.45, 2.75) is 58.5 Å². The average Bonchev–Trinajstić information content (AvgIpc) is 2.70. The summed E-state index contributed by atoms with van der Waals surface area (Å²) in [5, 5.41) is 3.10. The first-order valence-electron chi connectivity index (χ1n) is 8.12. The maximum Gasteiger partial charge on any atom is 0.149 e. The Morgan fingerprint density at radius 1 is 1.14 bits per heavy atom. The van der Waals surface area contributed by atoms with E-state index in [0.29, 0.717) is 12.1 Å². The SMILES string of the molecule is CCNCc1cc(F)c(N2CCCCCC2CC)c(F)c1. The molecule has 0 aliphatic carbocycles. The Balaban J connectivity index is 2.28. The Kier molecular flexibility index (Phi) is 5.97. The number of hydrogen-bond acceptors (Lipinski definition) is 2. The van der Waals surface area contributed by atoms with Gasteiger partial charge < -0.3 is 10.2 Å². The molecule has 0 radical (unpaired) electrons. The largest absolute Gasteiger partial charge is 0.364 e. The highest BCUT2D eigenvalue weighted by molar-refractivity contribution is 5.51. The second kappa shape index (κ2) is 7.74. The topological polar surface area (TPSA) is 15.3 Å². The zero-order valence-electron chi connectivity index (χ0n) is 13.1. The summed E-state index contributed by atoms with van der Waals surface area (Å²) < 4.78 is 28.9. The number of benzene rings is 1. The van der Waals surface area contributed by atoms with Gasteiger partial charge in [-0.25, -0.2) is 8.78 Å². The van der Waals surface area contributed by atoms with Crippen molar-refractivity contribution in [3.05, 3.63) is 29.3 Å². The van der Waals surface area contributed by atoms with Crippen LogP contribution in [0.2, 0.25) is 0 Å². The summed E-state index contributed by atoms with van der Waals surface area (Å²) in [6, 6.07) is 3.19. The van der Waals surface area contributed by atoms with Gasteiger partial charge in [-0.15, -0.1) is 0 Å². The smallest absolute Gasteiger partial charge is 0.149 e.